The second kappa shape index (κ2) is 6.18. The van der Waals surface area contributed by atoms with Gasteiger partial charge in [-0.1, -0.05) is 20.8 Å². The summed E-state index contributed by atoms with van der Waals surface area (Å²) in [6, 6.07) is 0. The molecule has 0 unspecified atom stereocenters. The zero-order chi connectivity index (χ0) is 13.8. The first-order valence-electron chi connectivity index (χ1n) is 6.68. The first-order chi connectivity index (χ1) is 8.46. The van der Waals surface area contributed by atoms with Crippen molar-refractivity contribution in [2.75, 3.05) is 19.6 Å². The van der Waals surface area contributed by atoms with E-state index in [1.54, 1.807) is 0 Å². The van der Waals surface area contributed by atoms with Gasteiger partial charge in [-0.3, -0.25) is 9.59 Å². The maximum absolute atomic E-state index is 12.0. The molecular formula is C13H24N2O3. The first kappa shape index (κ1) is 15.0. The van der Waals surface area contributed by atoms with Gasteiger partial charge in [-0.15, -0.1) is 0 Å². The third-order valence-corrected chi connectivity index (χ3v) is 4.26. The lowest BCUT2D eigenvalue weighted by atomic mass is 9.82. The molecule has 0 spiro atoms. The number of aliphatic carboxylic acids is 1. The molecule has 3 N–H and O–H groups in total. The molecule has 0 aromatic heterocycles. The zero-order valence-electron chi connectivity index (χ0n) is 11.5. The van der Waals surface area contributed by atoms with Crippen LogP contribution in [0.2, 0.25) is 0 Å². The number of carbonyl (C=O) groups is 2. The second-order valence-corrected chi connectivity index (χ2v) is 5.25. The van der Waals surface area contributed by atoms with Crippen LogP contribution in [0.5, 0.6) is 0 Å². The van der Waals surface area contributed by atoms with Crippen molar-refractivity contribution in [3.05, 3.63) is 0 Å². The van der Waals surface area contributed by atoms with Gasteiger partial charge in [-0.25, -0.2) is 0 Å². The molecule has 5 heteroatoms. The highest BCUT2D eigenvalue weighted by molar-refractivity contribution is 5.81. The number of carboxylic acids is 1. The fourth-order valence-corrected chi connectivity index (χ4v) is 2.43. The van der Waals surface area contributed by atoms with E-state index in [1.165, 1.54) is 0 Å². The molecule has 1 fully saturated rings. The summed E-state index contributed by atoms with van der Waals surface area (Å²) in [5, 5.41) is 15.3. The van der Waals surface area contributed by atoms with Gasteiger partial charge in [0.1, 0.15) is 0 Å². The van der Waals surface area contributed by atoms with E-state index in [-0.39, 0.29) is 18.4 Å². The number of amides is 1. The number of rotatable bonds is 6. The summed E-state index contributed by atoms with van der Waals surface area (Å²) in [4.78, 5) is 23.3. The van der Waals surface area contributed by atoms with Crippen LogP contribution in [0, 0.1) is 17.3 Å². The van der Waals surface area contributed by atoms with Crippen LogP contribution in [0.3, 0.4) is 0 Å². The van der Waals surface area contributed by atoms with Crippen LogP contribution in [0.1, 0.15) is 33.6 Å². The van der Waals surface area contributed by atoms with E-state index in [0.717, 1.165) is 6.54 Å². The van der Waals surface area contributed by atoms with Crippen molar-refractivity contribution in [1.29, 1.82) is 0 Å². The molecule has 0 radical (unpaired) electrons. The molecular weight excluding hydrogens is 232 g/mol. The molecule has 1 amide bonds. The van der Waals surface area contributed by atoms with Crippen LogP contribution in [-0.4, -0.2) is 36.6 Å². The standard InChI is InChI=1S/C13H24N2O3/c1-4-13(5-2,12(17)18)8-15-11(16)10-7-14-6-9(10)3/h9-10,14H,4-8H2,1-3H3,(H,15,16)(H,17,18)/t9-,10-/m1/s1. The number of nitrogens with one attached hydrogen (secondary N) is 2. The van der Waals surface area contributed by atoms with E-state index < -0.39 is 11.4 Å². The van der Waals surface area contributed by atoms with Crippen LogP contribution in [0.4, 0.5) is 0 Å². The minimum absolute atomic E-state index is 0.0278. The quantitative estimate of drug-likeness (QED) is 0.658. The van der Waals surface area contributed by atoms with E-state index in [4.69, 9.17) is 0 Å². The van der Waals surface area contributed by atoms with Gasteiger partial charge in [0, 0.05) is 13.1 Å². The average Bonchev–Trinajstić information content (AvgIpc) is 2.77. The van der Waals surface area contributed by atoms with Crippen LogP contribution in [-0.2, 0) is 9.59 Å². The summed E-state index contributed by atoms with van der Waals surface area (Å²) in [6.45, 7) is 7.49. The SMILES string of the molecule is CCC(CC)(CNC(=O)[C@@H]1CNC[C@H]1C)C(=O)O. The Kier molecular flexibility index (Phi) is 5.14. The topological polar surface area (TPSA) is 78.4 Å². The molecule has 2 atom stereocenters. The van der Waals surface area contributed by atoms with Crippen molar-refractivity contribution in [1.82, 2.24) is 10.6 Å². The Hall–Kier alpha value is -1.10. The molecule has 104 valence electrons. The minimum atomic E-state index is -0.828. The average molecular weight is 256 g/mol. The zero-order valence-corrected chi connectivity index (χ0v) is 11.5. The highest BCUT2D eigenvalue weighted by Crippen LogP contribution is 2.26. The van der Waals surface area contributed by atoms with Gasteiger partial charge in [0.25, 0.3) is 0 Å². The predicted molar refractivity (Wildman–Crippen MR) is 69.2 cm³/mol. The molecule has 5 nitrogen and oxygen atoms in total. The number of carboxylic acid groups (broad SMARTS) is 1. The van der Waals surface area contributed by atoms with Gasteiger partial charge in [0.15, 0.2) is 0 Å². The van der Waals surface area contributed by atoms with Crippen molar-refractivity contribution in [3.63, 3.8) is 0 Å². The first-order valence-corrected chi connectivity index (χ1v) is 6.68. The molecule has 0 bridgehead atoms. The summed E-state index contributed by atoms with van der Waals surface area (Å²) >= 11 is 0. The maximum atomic E-state index is 12.0. The number of hydrogen-bond acceptors (Lipinski definition) is 3. The number of carbonyl (C=O) groups excluding carboxylic acids is 1. The summed E-state index contributed by atoms with van der Waals surface area (Å²) in [5.41, 5.74) is -0.828. The Labute approximate surface area is 108 Å². The highest BCUT2D eigenvalue weighted by atomic mass is 16.4. The van der Waals surface area contributed by atoms with Crippen LogP contribution < -0.4 is 10.6 Å². The van der Waals surface area contributed by atoms with E-state index in [0.29, 0.717) is 25.3 Å². The van der Waals surface area contributed by atoms with Crippen molar-refractivity contribution >= 4 is 11.9 Å². The van der Waals surface area contributed by atoms with E-state index in [1.807, 2.05) is 20.8 Å². The highest BCUT2D eigenvalue weighted by Gasteiger charge is 2.37. The Morgan fingerprint density at radius 1 is 1.33 bits per heavy atom. The Morgan fingerprint density at radius 2 is 1.94 bits per heavy atom. The second-order valence-electron chi connectivity index (χ2n) is 5.25. The van der Waals surface area contributed by atoms with E-state index in [2.05, 4.69) is 10.6 Å². The van der Waals surface area contributed by atoms with Crippen molar-refractivity contribution in [2.45, 2.75) is 33.6 Å². The lowest BCUT2D eigenvalue weighted by Crippen LogP contribution is -2.45. The third-order valence-electron chi connectivity index (χ3n) is 4.26. The molecule has 0 aliphatic carbocycles. The Morgan fingerprint density at radius 3 is 2.33 bits per heavy atom. The Balaban J connectivity index is 2.57. The van der Waals surface area contributed by atoms with Crippen LogP contribution >= 0.6 is 0 Å². The molecule has 0 saturated carbocycles. The van der Waals surface area contributed by atoms with Crippen LogP contribution in [0.15, 0.2) is 0 Å². The minimum Gasteiger partial charge on any atom is -0.481 e. The molecule has 0 aromatic carbocycles. The maximum Gasteiger partial charge on any atom is 0.311 e. The molecule has 18 heavy (non-hydrogen) atoms. The predicted octanol–water partition coefficient (Wildman–Crippen LogP) is 0.849. The van der Waals surface area contributed by atoms with Gasteiger partial charge in [-0.2, -0.15) is 0 Å². The normalized spacial score (nSPS) is 23.9. The fourth-order valence-electron chi connectivity index (χ4n) is 2.43. The molecule has 0 aromatic rings. The summed E-state index contributed by atoms with van der Waals surface area (Å²) < 4.78 is 0. The summed E-state index contributed by atoms with van der Waals surface area (Å²) in [7, 11) is 0. The van der Waals surface area contributed by atoms with Crippen molar-refractivity contribution in [2.24, 2.45) is 17.3 Å². The van der Waals surface area contributed by atoms with Gasteiger partial charge in [0.05, 0.1) is 11.3 Å². The smallest absolute Gasteiger partial charge is 0.311 e. The van der Waals surface area contributed by atoms with Crippen molar-refractivity contribution < 1.29 is 14.7 Å². The van der Waals surface area contributed by atoms with Crippen molar-refractivity contribution in [3.8, 4) is 0 Å². The lowest BCUT2D eigenvalue weighted by molar-refractivity contribution is -0.149. The molecule has 1 aliphatic heterocycles. The largest absolute Gasteiger partial charge is 0.481 e. The summed E-state index contributed by atoms with van der Waals surface area (Å²) in [5.74, 6) is -0.580. The Bertz CT molecular complexity index is 313. The van der Waals surface area contributed by atoms with Gasteiger partial charge in [-0.05, 0) is 25.3 Å². The van der Waals surface area contributed by atoms with Gasteiger partial charge in [0.2, 0.25) is 5.91 Å². The van der Waals surface area contributed by atoms with E-state index >= 15 is 0 Å². The monoisotopic (exact) mass is 256 g/mol. The van der Waals surface area contributed by atoms with Gasteiger partial charge < -0.3 is 15.7 Å². The molecule has 1 aliphatic rings. The number of hydrogen-bond donors (Lipinski definition) is 3. The molecule has 1 heterocycles. The lowest BCUT2D eigenvalue weighted by Gasteiger charge is -2.27. The summed E-state index contributed by atoms with van der Waals surface area (Å²) in [6.07, 6.45) is 1.05. The fraction of sp³-hybridized carbons (Fsp3) is 0.846. The molecule has 1 rings (SSSR count). The van der Waals surface area contributed by atoms with Gasteiger partial charge >= 0.3 is 5.97 Å². The van der Waals surface area contributed by atoms with Crippen LogP contribution in [0.25, 0.3) is 0 Å². The third kappa shape index (κ3) is 3.02. The molecule has 1 saturated heterocycles. The van der Waals surface area contributed by atoms with E-state index in [9.17, 15) is 14.7 Å².